The molecule has 0 amide bonds. The average molecular weight is 236 g/mol. The van der Waals surface area contributed by atoms with Crippen molar-refractivity contribution in [3.05, 3.63) is 20.3 Å². The van der Waals surface area contributed by atoms with Crippen molar-refractivity contribution in [2.45, 2.75) is 13.0 Å². The molecule has 11 heavy (non-hydrogen) atoms. The lowest BCUT2D eigenvalue weighted by atomic mass is 10.3. The fraction of sp³-hybridized carbons (Fsp3) is 0.429. The van der Waals surface area contributed by atoms with E-state index >= 15 is 0 Å². The minimum atomic E-state index is -0.247. The van der Waals surface area contributed by atoms with Gasteiger partial charge in [-0.15, -0.1) is 11.3 Å². The van der Waals surface area contributed by atoms with E-state index in [-0.39, 0.29) is 12.6 Å². The summed E-state index contributed by atoms with van der Waals surface area (Å²) in [4.78, 5) is 2.22. The van der Waals surface area contributed by atoms with Crippen molar-refractivity contribution in [1.82, 2.24) is 0 Å². The summed E-state index contributed by atoms with van der Waals surface area (Å²) in [7, 11) is 0. The molecule has 0 spiro atoms. The van der Waals surface area contributed by atoms with Crippen LogP contribution in [0.15, 0.2) is 10.5 Å². The fourth-order valence-corrected chi connectivity index (χ4v) is 2.77. The Morgan fingerprint density at radius 2 is 2.45 bits per heavy atom. The summed E-state index contributed by atoms with van der Waals surface area (Å²) >= 11 is 4.99. The Morgan fingerprint density at radius 3 is 2.82 bits per heavy atom. The van der Waals surface area contributed by atoms with E-state index in [1.54, 1.807) is 11.3 Å². The molecule has 1 aromatic rings. The molecule has 62 valence electrons. The highest BCUT2D eigenvalue weighted by Gasteiger charge is 2.11. The molecule has 1 atom stereocenters. The number of halogens is 1. The van der Waals surface area contributed by atoms with Crippen molar-refractivity contribution in [2.24, 2.45) is 5.73 Å². The summed E-state index contributed by atoms with van der Waals surface area (Å²) in [5.74, 6) is 0. The number of aliphatic hydroxyl groups is 1. The first-order chi connectivity index (χ1) is 5.15. The molecule has 0 fully saturated rings. The number of aliphatic hydroxyl groups excluding tert-OH is 1. The normalized spacial score (nSPS) is 13.5. The summed E-state index contributed by atoms with van der Waals surface area (Å²) in [5, 5.41) is 8.78. The average Bonchev–Trinajstić information content (AvgIpc) is 2.28. The van der Waals surface area contributed by atoms with Crippen LogP contribution in [0.3, 0.4) is 0 Å². The van der Waals surface area contributed by atoms with Crippen LogP contribution in [0.2, 0.25) is 0 Å². The first-order valence-electron chi connectivity index (χ1n) is 3.27. The zero-order chi connectivity index (χ0) is 8.43. The van der Waals surface area contributed by atoms with E-state index in [1.165, 1.54) is 4.88 Å². The molecule has 0 radical (unpaired) electrons. The van der Waals surface area contributed by atoms with Crippen molar-refractivity contribution in [3.8, 4) is 0 Å². The lowest BCUT2D eigenvalue weighted by Crippen LogP contribution is -2.13. The van der Waals surface area contributed by atoms with Gasteiger partial charge >= 0.3 is 0 Å². The maximum Gasteiger partial charge on any atom is 0.0636 e. The summed E-state index contributed by atoms with van der Waals surface area (Å²) in [5.41, 5.74) is 5.64. The zero-order valence-corrected chi connectivity index (χ0v) is 8.58. The van der Waals surface area contributed by atoms with E-state index in [0.29, 0.717) is 0 Å². The lowest BCUT2D eigenvalue weighted by Gasteiger charge is -2.04. The van der Waals surface area contributed by atoms with Crippen molar-refractivity contribution >= 4 is 27.3 Å². The molecule has 0 aromatic carbocycles. The van der Waals surface area contributed by atoms with Gasteiger partial charge in [-0.1, -0.05) is 0 Å². The molecule has 0 aliphatic heterocycles. The molecule has 1 heterocycles. The maximum atomic E-state index is 8.78. The van der Waals surface area contributed by atoms with E-state index in [4.69, 9.17) is 10.8 Å². The number of nitrogens with two attached hydrogens (primary N) is 1. The maximum absolute atomic E-state index is 8.78. The van der Waals surface area contributed by atoms with Crippen LogP contribution in [0.25, 0.3) is 0 Å². The third kappa shape index (κ3) is 2.02. The molecule has 0 aliphatic rings. The van der Waals surface area contributed by atoms with Crippen LogP contribution in [-0.2, 0) is 0 Å². The van der Waals surface area contributed by atoms with Crippen LogP contribution < -0.4 is 5.73 Å². The highest BCUT2D eigenvalue weighted by atomic mass is 79.9. The second-order valence-corrected chi connectivity index (χ2v) is 4.50. The van der Waals surface area contributed by atoms with Gasteiger partial charge in [-0.05, 0) is 28.9 Å². The lowest BCUT2D eigenvalue weighted by molar-refractivity contribution is 0.269. The largest absolute Gasteiger partial charge is 0.394 e. The highest BCUT2D eigenvalue weighted by molar-refractivity contribution is 9.10. The molecule has 0 bridgehead atoms. The van der Waals surface area contributed by atoms with Crippen LogP contribution in [0.4, 0.5) is 0 Å². The molecule has 0 saturated heterocycles. The number of aryl methyl sites for hydroxylation is 1. The third-order valence-corrected chi connectivity index (χ3v) is 3.47. The van der Waals surface area contributed by atoms with E-state index in [2.05, 4.69) is 15.9 Å². The van der Waals surface area contributed by atoms with E-state index in [9.17, 15) is 0 Å². The van der Waals surface area contributed by atoms with Crippen LogP contribution >= 0.6 is 27.3 Å². The van der Waals surface area contributed by atoms with E-state index in [0.717, 1.165) is 9.35 Å². The van der Waals surface area contributed by atoms with Gasteiger partial charge < -0.3 is 10.8 Å². The van der Waals surface area contributed by atoms with Crippen LogP contribution in [0.5, 0.6) is 0 Å². The Labute approximate surface area is 78.2 Å². The van der Waals surface area contributed by atoms with Gasteiger partial charge in [0.15, 0.2) is 0 Å². The van der Waals surface area contributed by atoms with E-state index < -0.39 is 0 Å². The van der Waals surface area contributed by atoms with Gasteiger partial charge in [0.2, 0.25) is 0 Å². The molecule has 0 aliphatic carbocycles. The Balaban J connectivity index is 2.93. The summed E-state index contributed by atoms with van der Waals surface area (Å²) < 4.78 is 1.00. The summed E-state index contributed by atoms with van der Waals surface area (Å²) in [6.07, 6.45) is 0. The minimum Gasteiger partial charge on any atom is -0.394 e. The topological polar surface area (TPSA) is 46.2 Å². The van der Waals surface area contributed by atoms with Gasteiger partial charge in [-0.25, -0.2) is 0 Å². The van der Waals surface area contributed by atoms with Crippen LogP contribution in [0, 0.1) is 6.92 Å². The highest BCUT2D eigenvalue weighted by Crippen LogP contribution is 2.30. The van der Waals surface area contributed by atoms with Gasteiger partial charge in [0, 0.05) is 14.2 Å². The molecular weight excluding hydrogens is 226 g/mol. The molecular formula is C7H10BrNOS. The third-order valence-electron chi connectivity index (χ3n) is 1.37. The Hall–Kier alpha value is 0.1000. The van der Waals surface area contributed by atoms with Crippen molar-refractivity contribution in [2.75, 3.05) is 6.61 Å². The zero-order valence-electron chi connectivity index (χ0n) is 6.17. The Bertz CT molecular complexity index is 249. The molecule has 3 N–H and O–H groups in total. The smallest absolute Gasteiger partial charge is 0.0636 e. The predicted octanol–water partition coefficient (Wildman–Crippen LogP) is 1.81. The van der Waals surface area contributed by atoms with E-state index in [1.807, 2.05) is 13.0 Å². The number of thiophene rings is 1. The molecule has 1 aromatic heterocycles. The second-order valence-electron chi connectivity index (χ2n) is 2.36. The summed E-state index contributed by atoms with van der Waals surface area (Å²) in [6, 6.07) is 1.76. The standard InChI is InChI=1S/C7H10BrNOS/c1-4-2-5(8)7(11-4)6(9)3-10/h2,6,10H,3,9H2,1H3/t6-/m1/s1. The van der Waals surface area contributed by atoms with Crippen molar-refractivity contribution < 1.29 is 5.11 Å². The molecule has 4 heteroatoms. The van der Waals surface area contributed by atoms with Gasteiger partial charge in [0.05, 0.1) is 12.6 Å². The Kier molecular flexibility index (Phi) is 3.06. The minimum absolute atomic E-state index is 0.00144. The first kappa shape index (κ1) is 9.19. The van der Waals surface area contributed by atoms with Gasteiger partial charge in [-0.3, -0.25) is 0 Å². The van der Waals surface area contributed by atoms with Crippen molar-refractivity contribution in [1.29, 1.82) is 0 Å². The molecule has 2 nitrogen and oxygen atoms in total. The molecule has 1 rings (SSSR count). The molecule has 0 saturated carbocycles. The van der Waals surface area contributed by atoms with Gasteiger partial charge in [0.1, 0.15) is 0 Å². The molecule has 0 unspecified atom stereocenters. The summed E-state index contributed by atoms with van der Waals surface area (Å²) in [6.45, 7) is 2.02. The van der Waals surface area contributed by atoms with Crippen LogP contribution in [0.1, 0.15) is 15.8 Å². The Morgan fingerprint density at radius 1 is 1.82 bits per heavy atom. The van der Waals surface area contributed by atoms with Crippen LogP contribution in [-0.4, -0.2) is 11.7 Å². The first-order valence-corrected chi connectivity index (χ1v) is 4.88. The number of rotatable bonds is 2. The quantitative estimate of drug-likeness (QED) is 0.822. The monoisotopic (exact) mass is 235 g/mol. The number of hydrogen-bond acceptors (Lipinski definition) is 3. The van der Waals surface area contributed by atoms with Gasteiger partial charge in [-0.2, -0.15) is 0 Å². The number of hydrogen-bond donors (Lipinski definition) is 2. The van der Waals surface area contributed by atoms with Crippen molar-refractivity contribution in [3.63, 3.8) is 0 Å². The van der Waals surface area contributed by atoms with Gasteiger partial charge in [0.25, 0.3) is 0 Å². The fourth-order valence-electron chi connectivity index (χ4n) is 0.837. The SMILES string of the molecule is Cc1cc(Br)c([C@H](N)CO)s1. The predicted molar refractivity (Wildman–Crippen MR) is 50.8 cm³/mol. The second kappa shape index (κ2) is 3.67.